The lowest BCUT2D eigenvalue weighted by Crippen LogP contribution is -2.33. The molecule has 0 aliphatic carbocycles. The molecule has 2 N–H and O–H groups in total. The number of amides is 2. The lowest BCUT2D eigenvalue weighted by Gasteiger charge is -2.31. The van der Waals surface area contributed by atoms with Gasteiger partial charge in [-0.15, -0.1) is 0 Å². The predicted octanol–water partition coefficient (Wildman–Crippen LogP) is 5.54. The molecule has 2 aromatic rings. The minimum Gasteiger partial charge on any atom is -0.371 e. The van der Waals surface area contributed by atoms with Crippen molar-refractivity contribution < 1.29 is 9.59 Å². The highest BCUT2D eigenvalue weighted by Gasteiger charge is 2.22. The van der Waals surface area contributed by atoms with E-state index in [2.05, 4.69) is 15.5 Å². The first-order valence-electron chi connectivity index (χ1n) is 11.3. The van der Waals surface area contributed by atoms with Crippen LogP contribution in [-0.4, -0.2) is 24.9 Å². The van der Waals surface area contributed by atoms with Gasteiger partial charge < -0.3 is 15.5 Å². The molecule has 166 valence electrons. The van der Waals surface area contributed by atoms with E-state index in [0.717, 1.165) is 37.2 Å². The number of rotatable bonds is 6. The van der Waals surface area contributed by atoms with Gasteiger partial charge in [-0.05, 0) is 55.4 Å². The quantitative estimate of drug-likeness (QED) is 0.643. The SMILES string of the molecule is C[C@@H](NC(=O)c1cc(NC(=O)CC(C)(C)C)ccc1N1CCCCC1)c1ccccc1. The lowest BCUT2D eigenvalue weighted by molar-refractivity contribution is -0.117. The Morgan fingerprint density at radius 2 is 1.68 bits per heavy atom. The monoisotopic (exact) mass is 421 g/mol. The summed E-state index contributed by atoms with van der Waals surface area (Å²) in [6, 6.07) is 15.5. The highest BCUT2D eigenvalue weighted by Crippen LogP contribution is 2.28. The number of carbonyl (C=O) groups is 2. The Hall–Kier alpha value is -2.82. The van der Waals surface area contributed by atoms with Gasteiger partial charge in [0.2, 0.25) is 5.91 Å². The minimum absolute atomic E-state index is 0.0396. The smallest absolute Gasteiger partial charge is 0.253 e. The third kappa shape index (κ3) is 6.58. The molecule has 31 heavy (non-hydrogen) atoms. The molecule has 0 radical (unpaired) electrons. The van der Waals surface area contributed by atoms with E-state index in [1.165, 1.54) is 6.42 Å². The van der Waals surface area contributed by atoms with E-state index in [0.29, 0.717) is 17.7 Å². The zero-order chi connectivity index (χ0) is 22.4. The molecular weight excluding hydrogens is 386 g/mol. The van der Waals surface area contributed by atoms with Gasteiger partial charge in [0.25, 0.3) is 5.91 Å². The second kappa shape index (κ2) is 9.99. The molecule has 0 unspecified atom stereocenters. The van der Waals surface area contributed by atoms with Crippen LogP contribution in [-0.2, 0) is 4.79 Å². The van der Waals surface area contributed by atoms with E-state index in [1.54, 1.807) is 0 Å². The van der Waals surface area contributed by atoms with Crippen LogP contribution >= 0.6 is 0 Å². The fraction of sp³-hybridized carbons (Fsp3) is 0.462. The number of hydrogen-bond acceptors (Lipinski definition) is 3. The van der Waals surface area contributed by atoms with Gasteiger partial charge in [-0.2, -0.15) is 0 Å². The average Bonchev–Trinajstić information content (AvgIpc) is 2.73. The molecule has 0 bridgehead atoms. The van der Waals surface area contributed by atoms with Crippen LogP contribution in [0.1, 0.15) is 75.3 Å². The molecule has 1 heterocycles. The number of carbonyl (C=O) groups excluding carboxylic acids is 2. The summed E-state index contributed by atoms with van der Waals surface area (Å²) < 4.78 is 0. The number of benzene rings is 2. The van der Waals surface area contributed by atoms with Gasteiger partial charge in [-0.25, -0.2) is 0 Å². The van der Waals surface area contributed by atoms with Crippen LogP contribution in [0.3, 0.4) is 0 Å². The number of nitrogens with one attached hydrogen (secondary N) is 2. The van der Waals surface area contributed by atoms with E-state index in [1.807, 2.05) is 76.2 Å². The minimum atomic E-state index is -0.121. The zero-order valence-corrected chi connectivity index (χ0v) is 19.2. The number of nitrogens with zero attached hydrogens (tertiary/aromatic N) is 1. The van der Waals surface area contributed by atoms with Crippen molar-refractivity contribution in [3.8, 4) is 0 Å². The van der Waals surface area contributed by atoms with Gasteiger partial charge in [0.05, 0.1) is 11.6 Å². The molecule has 0 aromatic heterocycles. The van der Waals surface area contributed by atoms with Gasteiger partial charge in [-0.3, -0.25) is 9.59 Å². The molecule has 1 saturated heterocycles. The van der Waals surface area contributed by atoms with Gasteiger partial charge in [0.15, 0.2) is 0 Å². The summed E-state index contributed by atoms with van der Waals surface area (Å²) in [6.45, 7) is 10.00. The fourth-order valence-electron chi connectivity index (χ4n) is 3.99. The standard InChI is InChI=1S/C26H35N3O2/c1-19(20-11-7-5-8-12-20)27-25(31)22-17-21(28-24(30)18-26(2,3)4)13-14-23(22)29-15-9-6-10-16-29/h5,7-8,11-14,17,19H,6,9-10,15-16,18H2,1-4H3,(H,27,31)(H,28,30)/t19-/m1/s1. The number of piperidine rings is 1. The summed E-state index contributed by atoms with van der Waals surface area (Å²) in [4.78, 5) is 28.0. The average molecular weight is 422 g/mol. The molecule has 5 heteroatoms. The number of anilines is 2. The molecule has 1 aliphatic heterocycles. The normalized spacial score (nSPS) is 15.3. The maximum Gasteiger partial charge on any atom is 0.253 e. The Kier molecular flexibility index (Phi) is 7.37. The van der Waals surface area contributed by atoms with Crippen molar-refractivity contribution >= 4 is 23.2 Å². The molecular formula is C26H35N3O2. The van der Waals surface area contributed by atoms with Crippen LogP contribution in [0, 0.1) is 5.41 Å². The van der Waals surface area contributed by atoms with Crippen molar-refractivity contribution in [1.29, 1.82) is 0 Å². The van der Waals surface area contributed by atoms with Gasteiger partial charge >= 0.3 is 0 Å². The summed E-state index contributed by atoms with van der Waals surface area (Å²) in [7, 11) is 0. The number of hydrogen-bond donors (Lipinski definition) is 2. The second-order valence-electron chi connectivity index (χ2n) is 9.67. The van der Waals surface area contributed by atoms with Crippen molar-refractivity contribution in [2.45, 2.75) is 59.4 Å². The Bertz CT molecular complexity index is 897. The van der Waals surface area contributed by atoms with Gasteiger partial charge in [0, 0.05) is 30.9 Å². The fourth-order valence-corrected chi connectivity index (χ4v) is 3.99. The van der Waals surface area contributed by atoms with Gasteiger partial charge in [-0.1, -0.05) is 51.1 Å². The van der Waals surface area contributed by atoms with Crippen LogP contribution in [0.25, 0.3) is 0 Å². The highest BCUT2D eigenvalue weighted by molar-refractivity contribution is 6.02. The predicted molar refractivity (Wildman–Crippen MR) is 128 cm³/mol. The molecule has 1 aliphatic rings. The molecule has 3 rings (SSSR count). The van der Waals surface area contributed by atoms with E-state index >= 15 is 0 Å². The summed E-state index contributed by atoms with van der Waals surface area (Å²) in [6.07, 6.45) is 3.91. The molecule has 1 atom stereocenters. The van der Waals surface area contributed by atoms with Crippen molar-refractivity contribution in [3.63, 3.8) is 0 Å². The second-order valence-corrected chi connectivity index (χ2v) is 9.67. The molecule has 1 fully saturated rings. The lowest BCUT2D eigenvalue weighted by atomic mass is 9.92. The highest BCUT2D eigenvalue weighted by atomic mass is 16.2. The van der Waals surface area contributed by atoms with Crippen LogP contribution in [0.4, 0.5) is 11.4 Å². The first kappa shape index (κ1) is 22.9. The summed E-state index contributed by atoms with van der Waals surface area (Å²) in [5, 5.41) is 6.10. The Balaban J connectivity index is 1.84. The molecule has 2 aromatic carbocycles. The molecule has 5 nitrogen and oxygen atoms in total. The molecule has 2 amide bonds. The van der Waals surface area contributed by atoms with E-state index in [4.69, 9.17) is 0 Å². The summed E-state index contributed by atoms with van der Waals surface area (Å²) in [5.74, 6) is -0.161. The van der Waals surface area contributed by atoms with Crippen LogP contribution in [0.2, 0.25) is 0 Å². The van der Waals surface area contributed by atoms with Crippen LogP contribution in [0.5, 0.6) is 0 Å². The maximum atomic E-state index is 13.3. The summed E-state index contributed by atoms with van der Waals surface area (Å²) in [5.41, 5.74) is 3.17. The van der Waals surface area contributed by atoms with Crippen LogP contribution < -0.4 is 15.5 Å². The maximum absolute atomic E-state index is 13.3. The topological polar surface area (TPSA) is 61.4 Å². The largest absolute Gasteiger partial charge is 0.371 e. The van der Waals surface area contributed by atoms with Crippen molar-refractivity contribution in [3.05, 3.63) is 59.7 Å². The van der Waals surface area contributed by atoms with Crippen molar-refractivity contribution in [2.75, 3.05) is 23.3 Å². The zero-order valence-electron chi connectivity index (χ0n) is 19.2. The molecule has 0 saturated carbocycles. The van der Waals surface area contributed by atoms with Crippen LogP contribution in [0.15, 0.2) is 48.5 Å². The first-order valence-corrected chi connectivity index (χ1v) is 11.3. The van der Waals surface area contributed by atoms with E-state index in [9.17, 15) is 9.59 Å². The van der Waals surface area contributed by atoms with E-state index < -0.39 is 0 Å². The van der Waals surface area contributed by atoms with E-state index in [-0.39, 0.29) is 23.3 Å². The third-order valence-corrected chi connectivity index (χ3v) is 5.56. The van der Waals surface area contributed by atoms with Gasteiger partial charge in [0.1, 0.15) is 0 Å². The molecule has 0 spiro atoms. The Labute approximate surface area is 186 Å². The Morgan fingerprint density at radius 3 is 2.32 bits per heavy atom. The van der Waals surface area contributed by atoms with Crippen molar-refractivity contribution in [1.82, 2.24) is 5.32 Å². The Morgan fingerprint density at radius 1 is 1.00 bits per heavy atom. The third-order valence-electron chi connectivity index (χ3n) is 5.56. The summed E-state index contributed by atoms with van der Waals surface area (Å²) >= 11 is 0. The first-order chi connectivity index (χ1) is 14.7. The van der Waals surface area contributed by atoms with Crippen molar-refractivity contribution in [2.24, 2.45) is 5.41 Å².